The summed E-state index contributed by atoms with van der Waals surface area (Å²) in [6, 6.07) is 5.12. The molecule has 1 N–H and O–H groups in total. The van der Waals surface area contributed by atoms with Crippen molar-refractivity contribution in [1.82, 2.24) is 0 Å². The van der Waals surface area contributed by atoms with Gasteiger partial charge in [0.25, 0.3) is 0 Å². The number of benzene rings is 2. The maximum absolute atomic E-state index is 13.9. The quantitative estimate of drug-likeness (QED) is 0.807. The van der Waals surface area contributed by atoms with Crippen LogP contribution < -0.4 is 5.32 Å². The maximum Gasteiger partial charge on any atom is 0.162 e. The number of hydrogen-bond donors (Lipinski definition) is 1. The average molecular weight is 345 g/mol. The molecule has 0 aliphatic heterocycles. The van der Waals surface area contributed by atoms with Crippen LogP contribution in [0.4, 0.5) is 28.9 Å². The fraction of sp³-hybridized carbons (Fsp3) is 0. The topological polar surface area (TPSA) is 35.8 Å². The second kappa shape index (κ2) is 5.51. The highest BCUT2D eigenvalue weighted by Crippen LogP contribution is 2.30. The molecule has 7 heteroatoms. The van der Waals surface area contributed by atoms with Crippen molar-refractivity contribution in [2.45, 2.75) is 0 Å². The van der Waals surface area contributed by atoms with Crippen molar-refractivity contribution in [2.24, 2.45) is 0 Å². The Morgan fingerprint density at radius 3 is 2.20 bits per heavy atom. The van der Waals surface area contributed by atoms with Crippen molar-refractivity contribution in [3.63, 3.8) is 0 Å². The van der Waals surface area contributed by atoms with E-state index in [0.717, 1.165) is 6.07 Å². The molecule has 0 amide bonds. The Bertz CT molecular complexity index is 702. The van der Waals surface area contributed by atoms with Crippen molar-refractivity contribution < 1.29 is 17.6 Å². The van der Waals surface area contributed by atoms with Crippen LogP contribution in [0, 0.1) is 34.6 Å². The normalized spacial score (nSPS) is 10.2. The molecule has 0 saturated carbocycles. The third-order valence-corrected chi connectivity index (χ3v) is 3.24. The van der Waals surface area contributed by atoms with Gasteiger partial charge in [0, 0.05) is 12.1 Å². The molecule has 2 nitrogen and oxygen atoms in total. The molecule has 0 fully saturated rings. The number of hydrogen-bond acceptors (Lipinski definition) is 2. The second-order valence-corrected chi connectivity index (χ2v) is 4.56. The summed E-state index contributed by atoms with van der Waals surface area (Å²) in [5.74, 6) is -4.34. The van der Waals surface area contributed by atoms with Crippen LogP contribution in [0.5, 0.6) is 0 Å². The van der Waals surface area contributed by atoms with Gasteiger partial charge in [-0.25, -0.2) is 17.6 Å². The summed E-state index contributed by atoms with van der Waals surface area (Å²) in [5, 5.41) is 10.9. The molecule has 0 heterocycles. The largest absolute Gasteiger partial charge is 0.348 e. The molecule has 0 aliphatic rings. The molecular weight excluding hydrogens is 340 g/mol. The number of halogens is 5. The summed E-state index contributed by atoms with van der Waals surface area (Å²) >= 11 is 2.87. The summed E-state index contributed by atoms with van der Waals surface area (Å²) in [5.41, 5.74) is -0.893. The molecule has 0 unspecified atom stereocenters. The van der Waals surface area contributed by atoms with Gasteiger partial charge < -0.3 is 5.32 Å². The summed E-state index contributed by atoms with van der Waals surface area (Å²) in [4.78, 5) is 0. The molecule has 2 aromatic carbocycles. The molecule has 0 aromatic heterocycles. The lowest BCUT2D eigenvalue weighted by Crippen LogP contribution is -2.01. The lowest BCUT2D eigenvalue weighted by atomic mass is 10.2. The summed E-state index contributed by atoms with van der Waals surface area (Å²) in [7, 11) is 0. The van der Waals surface area contributed by atoms with Gasteiger partial charge in [0.15, 0.2) is 17.5 Å². The lowest BCUT2D eigenvalue weighted by molar-refractivity contribution is 0.548. The Labute approximate surface area is 119 Å². The van der Waals surface area contributed by atoms with Gasteiger partial charge in [-0.2, -0.15) is 5.26 Å². The van der Waals surface area contributed by atoms with Gasteiger partial charge in [0.2, 0.25) is 0 Å². The molecule has 0 aliphatic carbocycles. The first-order chi connectivity index (χ1) is 9.43. The fourth-order valence-corrected chi connectivity index (χ4v) is 1.96. The zero-order chi connectivity index (χ0) is 14.9. The van der Waals surface area contributed by atoms with Crippen molar-refractivity contribution in [2.75, 3.05) is 5.32 Å². The molecule has 0 bridgehead atoms. The highest BCUT2D eigenvalue weighted by Gasteiger charge is 2.16. The van der Waals surface area contributed by atoms with Crippen LogP contribution in [-0.2, 0) is 0 Å². The molecule has 0 atom stereocenters. The molecule has 0 saturated heterocycles. The molecular formula is C13H5BrF4N2. The second-order valence-electron chi connectivity index (χ2n) is 3.77. The maximum atomic E-state index is 13.9. The number of nitrogens with one attached hydrogen (secondary N) is 1. The van der Waals surface area contributed by atoms with E-state index in [1.165, 1.54) is 6.07 Å². The zero-order valence-corrected chi connectivity index (χ0v) is 11.2. The Balaban J connectivity index is 2.47. The molecule has 102 valence electrons. The van der Waals surface area contributed by atoms with Crippen molar-refractivity contribution >= 4 is 27.3 Å². The molecule has 0 spiro atoms. The first kappa shape index (κ1) is 14.3. The minimum atomic E-state index is -1.19. The Kier molecular flexibility index (Phi) is 3.95. The van der Waals surface area contributed by atoms with E-state index >= 15 is 0 Å². The summed E-state index contributed by atoms with van der Waals surface area (Å²) in [6.45, 7) is 0. The first-order valence-electron chi connectivity index (χ1n) is 5.23. The van der Waals surface area contributed by atoms with Crippen LogP contribution in [0.15, 0.2) is 28.7 Å². The molecule has 20 heavy (non-hydrogen) atoms. The van der Waals surface area contributed by atoms with E-state index < -0.39 is 29.0 Å². The minimum Gasteiger partial charge on any atom is -0.348 e. The van der Waals surface area contributed by atoms with E-state index in [-0.39, 0.29) is 15.7 Å². The van der Waals surface area contributed by atoms with E-state index in [9.17, 15) is 17.6 Å². The first-order valence-corrected chi connectivity index (χ1v) is 6.03. The van der Waals surface area contributed by atoms with Gasteiger partial charge in [-0.1, -0.05) is 0 Å². The number of rotatable bonds is 2. The SMILES string of the molecule is N#Cc1ccc(Nc2c(F)cc(F)cc2F)c(F)c1Br. The average Bonchev–Trinajstić information content (AvgIpc) is 2.38. The molecule has 2 rings (SSSR count). The highest BCUT2D eigenvalue weighted by molar-refractivity contribution is 9.10. The van der Waals surface area contributed by atoms with Gasteiger partial charge in [-0.15, -0.1) is 0 Å². The third-order valence-electron chi connectivity index (χ3n) is 2.47. The number of nitrogens with zero attached hydrogens (tertiary/aromatic N) is 1. The van der Waals surface area contributed by atoms with Gasteiger partial charge in [0.1, 0.15) is 17.6 Å². The zero-order valence-electron chi connectivity index (χ0n) is 9.65. The van der Waals surface area contributed by atoms with E-state index in [1.807, 2.05) is 0 Å². The van der Waals surface area contributed by atoms with Crippen LogP contribution in [-0.4, -0.2) is 0 Å². The standard InChI is InChI=1S/C13H5BrF4N2/c14-11-6(5-19)1-2-10(12(11)18)20-13-8(16)3-7(15)4-9(13)17/h1-4,20H. The summed E-state index contributed by atoms with van der Waals surface area (Å²) in [6.07, 6.45) is 0. The van der Waals surface area contributed by atoms with Gasteiger partial charge >= 0.3 is 0 Å². The highest BCUT2D eigenvalue weighted by atomic mass is 79.9. The Hall–Kier alpha value is -2.07. The van der Waals surface area contributed by atoms with Crippen LogP contribution >= 0.6 is 15.9 Å². The minimum absolute atomic E-state index is 0.0353. The molecule has 0 radical (unpaired) electrons. The predicted octanol–water partition coefficient (Wildman–Crippen LogP) is 4.62. The van der Waals surface area contributed by atoms with Crippen molar-refractivity contribution in [3.8, 4) is 6.07 Å². The fourth-order valence-electron chi connectivity index (χ4n) is 1.53. The van der Waals surface area contributed by atoms with Crippen LogP contribution in [0.25, 0.3) is 0 Å². The summed E-state index contributed by atoms with van der Waals surface area (Å²) < 4.78 is 53.4. The monoisotopic (exact) mass is 344 g/mol. The van der Waals surface area contributed by atoms with Crippen LogP contribution in [0.2, 0.25) is 0 Å². The number of anilines is 2. The van der Waals surface area contributed by atoms with E-state index in [0.29, 0.717) is 12.1 Å². The van der Waals surface area contributed by atoms with Crippen LogP contribution in [0.1, 0.15) is 5.56 Å². The van der Waals surface area contributed by atoms with Crippen molar-refractivity contribution in [3.05, 3.63) is 57.6 Å². The van der Waals surface area contributed by atoms with Crippen molar-refractivity contribution in [1.29, 1.82) is 5.26 Å². The molecule has 2 aromatic rings. The van der Waals surface area contributed by atoms with Gasteiger partial charge in [0.05, 0.1) is 15.7 Å². The Morgan fingerprint density at radius 2 is 1.65 bits per heavy atom. The van der Waals surface area contributed by atoms with E-state index in [4.69, 9.17) is 5.26 Å². The smallest absolute Gasteiger partial charge is 0.162 e. The van der Waals surface area contributed by atoms with E-state index in [2.05, 4.69) is 21.2 Å². The van der Waals surface area contributed by atoms with E-state index in [1.54, 1.807) is 6.07 Å². The third kappa shape index (κ3) is 2.60. The number of nitriles is 1. The van der Waals surface area contributed by atoms with Gasteiger partial charge in [-0.05, 0) is 28.1 Å². The Morgan fingerprint density at radius 1 is 1.05 bits per heavy atom. The van der Waals surface area contributed by atoms with Gasteiger partial charge in [-0.3, -0.25) is 0 Å². The van der Waals surface area contributed by atoms with Crippen LogP contribution in [0.3, 0.4) is 0 Å². The predicted molar refractivity (Wildman–Crippen MR) is 68.4 cm³/mol. The lowest BCUT2D eigenvalue weighted by Gasteiger charge is -2.11.